The number of hydrogen-bond donors (Lipinski definition) is 1. The van der Waals surface area contributed by atoms with Crippen molar-refractivity contribution in [3.63, 3.8) is 0 Å². The molecule has 22 heavy (non-hydrogen) atoms. The average molecular weight is 296 g/mol. The molecular weight excluding hydrogens is 276 g/mol. The van der Waals surface area contributed by atoms with Gasteiger partial charge in [-0.15, -0.1) is 0 Å². The molecule has 4 nitrogen and oxygen atoms in total. The Hall–Kier alpha value is -2.33. The highest BCUT2D eigenvalue weighted by Gasteiger charge is 2.25. The molecule has 1 heterocycles. The van der Waals surface area contributed by atoms with Gasteiger partial charge in [-0.05, 0) is 36.6 Å². The first-order valence-corrected chi connectivity index (χ1v) is 7.52. The fourth-order valence-electron chi connectivity index (χ4n) is 2.63. The maximum atomic E-state index is 12.2. The predicted octanol–water partition coefficient (Wildman–Crippen LogP) is 2.67. The molecule has 114 valence electrons. The van der Waals surface area contributed by atoms with Crippen molar-refractivity contribution in [2.75, 3.05) is 18.1 Å². The van der Waals surface area contributed by atoms with Crippen LogP contribution in [0.25, 0.3) is 0 Å². The van der Waals surface area contributed by atoms with E-state index in [2.05, 4.69) is 12.1 Å². The molecule has 0 spiro atoms. The van der Waals surface area contributed by atoms with Gasteiger partial charge < -0.3 is 15.4 Å². The Labute approximate surface area is 130 Å². The molecule has 0 saturated carbocycles. The van der Waals surface area contributed by atoms with Gasteiger partial charge in [0, 0.05) is 12.6 Å². The molecule has 0 bridgehead atoms. The van der Waals surface area contributed by atoms with E-state index in [1.165, 1.54) is 5.56 Å². The standard InChI is InChI=1S/C18H20N2O2/c1-13(19)15-7-8-17-16(11-15)20(18(21)12-22-17)10-9-14-5-3-2-4-6-14/h2-8,11,13H,9-10,12,19H2,1H3. The van der Waals surface area contributed by atoms with Crippen LogP contribution in [0.5, 0.6) is 5.75 Å². The fraction of sp³-hybridized carbons (Fsp3) is 0.278. The van der Waals surface area contributed by atoms with E-state index < -0.39 is 0 Å². The maximum absolute atomic E-state index is 12.2. The summed E-state index contributed by atoms with van der Waals surface area (Å²) in [6.07, 6.45) is 0.814. The van der Waals surface area contributed by atoms with Gasteiger partial charge in [0.25, 0.3) is 5.91 Å². The Morgan fingerprint density at radius 3 is 2.73 bits per heavy atom. The van der Waals surface area contributed by atoms with Crippen LogP contribution >= 0.6 is 0 Å². The summed E-state index contributed by atoms with van der Waals surface area (Å²) in [6, 6.07) is 15.9. The van der Waals surface area contributed by atoms with E-state index >= 15 is 0 Å². The second-order valence-electron chi connectivity index (χ2n) is 5.59. The number of nitrogens with zero attached hydrogens (tertiary/aromatic N) is 1. The van der Waals surface area contributed by atoms with Gasteiger partial charge in [-0.25, -0.2) is 0 Å². The van der Waals surface area contributed by atoms with Gasteiger partial charge in [0.05, 0.1) is 5.69 Å². The Morgan fingerprint density at radius 1 is 1.23 bits per heavy atom. The molecule has 1 aliphatic rings. The Bertz CT molecular complexity index is 668. The molecule has 0 saturated heterocycles. The van der Waals surface area contributed by atoms with Crippen LogP contribution in [-0.2, 0) is 11.2 Å². The minimum Gasteiger partial charge on any atom is -0.482 e. The van der Waals surface area contributed by atoms with E-state index in [1.807, 2.05) is 43.3 Å². The maximum Gasteiger partial charge on any atom is 0.265 e. The number of carbonyl (C=O) groups excluding carboxylic acids is 1. The number of amides is 1. The summed E-state index contributed by atoms with van der Waals surface area (Å²) >= 11 is 0. The first-order valence-electron chi connectivity index (χ1n) is 7.52. The molecule has 2 aromatic carbocycles. The van der Waals surface area contributed by atoms with Crippen molar-refractivity contribution in [3.8, 4) is 5.75 Å². The minimum atomic E-state index is -0.0710. The second-order valence-corrected chi connectivity index (χ2v) is 5.59. The Morgan fingerprint density at radius 2 is 2.00 bits per heavy atom. The lowest BCUT2D eigenvalue weighted by Crippen LogP contribution is -2.40. The van der Waals surface area contributed by atoms with Crippen LogP contribution in [0, 0.1) is 0 Å². The summed E-state index contributed by atoms with van der Waals surface area (Å²) < 4.78 is 5.52. The number of nitrogens with two attached hydrogens (primary N) is 1. The van der Waals surface area contributed by atoms with Crippen LogP contribution in [0.1, 0.15) is 24.1 Å². The normalized spacial score (nSPS) is 15.2. The topological polar surface area (TPSA) is 55.6 Å². The van der Waals surface area contributed by atoms with E-state index in [1.54, 1.807) is 4.90 Å². The lowest BCUT2D eigenvalue weighted by atomic mass is 10.1. The molecule has 2 N–H and O–H groups in total. The van der Waals surface area contributed by atoms with Crippen LogP contribution in [-0.4, -0.2) is 19.1 Å². The lowest BCUT2D eigenvalue weighted by molar-refractivity contribution is -0.121. The van der Waals surface area contributed by atoms with Crippen LogP contribution in [0.3, 0.4) is 0 Å². The zero-order chi connectivity index (χ0) is 15.5. The smallest absolute Gasteiger partial charge is 0.265 e. The summed E-state index contributed by atoms with van der Waals surface area (Å²) in [4.78, 5) is 14.0. The highest BCUT2D eigenvalue weighted by Crippen LogP contribution is 2.34. The molecule has 3 rings (SSSR count). The molecule has 1 atom stereocenters. The van der Waals surface area contributed by atoms with E-state index in [4.69, 9.17) is 10.5 Å². The Kier molecular flexibility index (Phi) is 4.11. The molecule has 0 fully saturated rings. The van der Waals surface area contributed by atoms with Gasteiger partial charge in [-0.2, -0.15) is 0 Å². The van der Waals surface area contributed by atoms with Crippen LogP contribution in [0.4, 0.5) is 5.69 Å². The minimum absolute atomic E-state index is 0.00902. The first-order chi connectivity index (χ1) is 10.6. The largest absolute Gasteiger partial charge is 0.482 e. The number of anilines is 1. The van der Waals surface area contributed by atoms with Gasteiger partial charge in [0.1, 0.15) is 5.75 Å². The molecule has 0 aromatic heterocycles. The fourth-order valence-corrected chi connectivity index (χ4v) is 2.63. The quantitative estimate of drug-likeness (QED) is 0.943. The number of ether oxygens (including phenoxy) is 1. The van der Waals surface area contributed by atoms with Crippen molar-refractivity contribution < 1.29 is 9.53 Å². The highest BCUT2D eigenvalue weighted by atomic mass is 16.5. The van der Waals surface area contributed by atoms with Crippen LogP contribution in [0.15, 0.2) is 48.5 Å². The molecule has 0 radical (unpaired) electrons. The van der Waals surface area contributed by atoms with E-state index in [0.29, 0.717) is 6.54 Å². The van der Waals surface area contributed by atoms with Gasteiger partial charge in [0.15, 0.2) is 6.61 Å². The molecule has 1 aliphatic heterocycles. The number of benzene rings is 2. The van der Waals surface area contributed by atoms with Crippen molar-refractivity contribution >= 4 is 11.6 Å². The zero-order valence-electron chi connectivity index (χ0n) is 12.7. The number of hydrogen-bond acceptors (Lipinski definition) is 3. The summed E-state index contributed by atoms with van der Waals surface area (Å²) in [5.74, 6) is 0.738. The monoisotopic (exact) mass is 296 g/mol. The lowest BCUT2D eigenvalue weighted by Gasteiger charge is -2.30. The molecule has 1 amide bonds. The number of fused-ring (bicyclic) bond motifs is 1. The summed E-state index contributed by atoms with van der Waals surface area (Å²) in [5.41, 5.74) is 8.99. The van der Waals surface area contributed by atoms with Crippen molar-refractivity contribution in [2.24, 2.45) is 5.73 Å². The van der Waals surface area contributed by atoms with Gasteiger partial charge in [-0.1, -0.05) is 36.4 Å². The highest BCUT2D eigenvalue weighted by molar-refractivity contribution is 5.97. The number of carbonyl (C=O) groups is 1. The second kappa shape index (κ2) is 6.20. The van der Waals surface area contributed by atoms with Crippen molar-refractivity contribution in [3.05, 3.63) is 59.7 Å². The summed E-state index contributed by atoms with van der Waals surface area (Å²) in [5, 5.41) is 0. The van der Waals surface area contributed by atoms with Crippen molar-refractivity contribution in [1.82, 2.24) is 0 Å². The summed E-state index contributed by atoms with van der Waals surface area (Å²) in [6.45, 7) is 2.67. The third-order valence-corrected chi connectivity index (χ3v) is 3.92. The van der Waals surface area contributed by atoms with E-state index in [0.717, 1.165) is 23.4 Å². The van der Waals surface area contributed by atoms with Crippen molar-refractivity contribution in [1.29, 1.82) is 0 Å². The van der Waals surface area contributed by atoms with Crippen LogP contribution < -0.4 is 15.4 Å². The van der Waals surface area contributed by atoms with Gasteiger partial charge >= 0.3 is 0 Å². The molecular formula is C18H20N2O2. The molecule has 2 aromatic rings. The number of rotatable bonds is 4. The molecule has 0 aliphatic carbocycles. The first kappa shape index (κ1) is 14.6. The average Bonchev–Trinajstić information content (AvgIpc) is 2.54. The van der Waals surface area contributed by atoms with Gasteiger partial charge in [0.2, 0.25) is 0 Å². The third kappa shape index (κ3) is 2.97. The predicted molar refractivity (Wildman–Crippen MR) is 87.0 cm³/mol. The van der Waals surface area contributed by atoms with Gasteiger partial charge in [-0.3, -0.25) is 4.79 Å². The third-order valence-electron chi connectivity index (χ3n) is 3.92. The summed E-state index contributed by atoms with van der Waals surface area (Å²) in [7, 11) is 0. The van der Waals surface area contributed by atoms with E-state index in [-0.39, 0.29) is 18.6 Å². The zero-order valence-corrected chi connectivity index (χ0v) is 12.7. The SMILES string of the molecule is CC(N)c1ccc2c(c1)N(CCc1ccccc1)C(=O)CO2. The Balaban J connectivity index is 1.85. The van der Waals surface area contributed by atoms with Crippen LogP contribution in [0.2, 0.25) is 0 Å². The van der Waals surface area contributed by atoms with Crippen molar-refractivity contribution in [2.45, 2.75) is 19.4 Å². The molecule has 4 heteroatoms. The molecule has 1 unspecified atom stereocenters. The van der Waals surface area contributed by atoms with E-state index in [9.17, 15) is 4.79 Å².